The summed E-state index contributed by atoms with van der Waals surface area (Å²) in [5.74, 6) is 1.47. The summed E-state index contributed by atoms with van der Waals surface area (Å²) in [6, 6.07) is 17.9. The van der Waals surface area contributed by atoms with Crippen LogP contribution in [0.1, 0.15) is 43.5 Å². The van der Waals surface area contributed by atoms with Gasteiger partial charge < -0.3 is 19.1 Å². The third kappa shape index (κ3) is 6.59. The minimum atomic E-state index is -0.711. The fourth-order valence-corrected chi connectivity index (χ4v) is 7.06. The van der Waals surface area contributed by atoms with Crippen molar-refractivity contribution in [2.24, 2.45) is 4.99 Å². The van der Waals surface area contributed by atoms with Gasteiger partial charge in [0.15, 0.2) is 16.3 Å². The van der Waals surface area contributed by atoms with E-state index in [2.05, 4.69) is 15.9 Å². The molecule has 0 fully saturated rings. The summed E-state index contributed by atoms with van der Waals surface area (Å²) >= 11 is 10.9. The number of rotatable bonds is 10. The maximum Gasteiger partial charge on any atom is 0.271 e. The van der Waals surface area contributed by atoms with Crippen LogP contribution in [0, 0.1) is 0 Å². The Labute approximate surface area is 279 Å². The lowest BCUT2D eigenvalue weighted by atomic mass is 9.94. The average Bonchev–Trinajstić information content (AvgIpc) is 3.34. The minimum absolute atomic E-state index is 0.158. The van der Waals surface area contributed by atoms with Gasteiger partial charge in [0, 0.05) is 23.7 Å². The standard InChI is InChI=1S/C34H33BrClN3O5S/c1-6-38(7-2)33(41)29-20(3)37-34-39(30(29)24-10-8-9-11-26(24)42-4)32(40)28(45-34)18-22-16-25(35)31(27(17-22)43-5)44-19-21-12-14-23(36)15-13-21/h8-18,30H,6-7,19H2,1-5H3/b28-18+/t30-/m1/s1. The molecule has 8 nitrogen and oxygen atoms in total. The van der Waals surface area contributed by atoms with Gasteiger partial charge >= 0.3 is 0 Å². The first-order valence-corrected chi connectivity index (χ1v) is 16.4. The third-order valence-corrected chi connectivity index (χ3v) is 9.41. The SMILES string of the molecule is CCN(CC)C(=O)C1=C(C)N=c2s/c(=C/c3cc(Br)c(OCc4ccc(Cl)cc4)c(OC)c3)c(=O)n2[C@@H]1c1ccccc1OC. The van der Waals surface area contributed by atoms with Gasteiger partial charge in [-0.3, -0.25) is 14.2 Å². The number of methoxy groups -OCH3 is 2. The van der Waals surface area contributed by atoms with Crippen LogP contribution in [0.2, 0.25) is 5.02 Å². The molecule has 0 bridgehead atoms. The van der Waals surface area contributed by atoms with Gasteiger partial charge in [-0.15, -0.1) is 0 Å². The quantitative estimate of drug-likeness (QED) is 0.198. The van der Waals surface area contributed by atoms with Gasteiger partial charge in [-0.1, -0.05) is 53.3 Å². The minimum Gasteiger partial charge on any atom is -0.496 e. The van der Waals surface area contributed by atoms with E-state index in [0.717, 1.165) is 11.1 Å². The number of halogens is 2. The van der Waals surface area contributed by atoms with Crippen molar-refractivity contribution in [1.29, 1.82) is 0 Å². The molecular weight excluding hydrogens is 678 g/mol. The molecule has 0 saturated carbocycles. The number of hydrogen-bond donors (Lipinski definition) is 0. The molecule has 4 aromatic rings. The molecule has 1 aliphatic rings. The Kier molecular flexibility index (Phi) is 10.2. The monoisotopic (exact) mass is 709 g/mol. The lowest BCUT2D eigenvalue weighted by Crippen LogP contribution is -2.43. The normalized spacial score (nSPS) is 14.6. The van der Waals surface area contributed by atoms with Crippen molar-refractivity contribution in [1.82, 2.24) is 9.47 Å². The Hall–Kier alpha value is -3.86. The number of aromatic nitrogens is 1. The molecule has 45 heavy (non-hydrogen) atoms. The summed E-state index contributed by atoms with van der Waals surface area (Å²) in [5.41, 5.74) is 3.16. The van der Waals surface area contributed by atoms with Crippen LogP contribution in [0.4, 0.5) is 0 Å². The molecule has 0 spiro atoms. The van der Waals surface area contributed by atoms with Crippen LogP contribution in [-0.2, 0) is 11.4 Å². The highest BCUT2D eigenvalue weighted by atomic mass is 79.9. The molecule has 1 aromatic heterocycles. The summed E-state index contributed by atoms with van der Waals surface area (Å²) in [7, 11) is 3.15. The van der Waals surface area contributed by atoms with Gasteiger partial charge in [0.1, 0.15) is 18.4 Å². The molecule has 2 heterocycles. The van der Waals surface area contributed by atoms with E-state index in [4.69, 9.17) is 30.8 Å². The van der Waals surface area contributed by atoms with Crippen molar-refractivity contribution in [3.05, 3.63) is 118 Å². The predicted octanol–water partition coefficient (Wildman–Crippen LogP) is 6.12. The van der Waals surface area contributed by atoms with E-state index in [1.807, 2.05) is 81.4 Å². The third-order valence-electron chi connectivity index (χ3n) is 7.58. The largest absolute Gasteiger partial charge is 0.496 e. The molecule has 1 aliphatic heterocycles. The second-order valence-corrected chi connectivity index (χ2v) is 12.6. The summed E-state index contributed by atoms with van der Waals surface area (Å²) in [4.78, 5) is 35.1. The highest BCUT2D eigenvalue weighted by molar-refractivity contribution is 9.10. The molecule has 0 aliphatic carbocycles. The van der Waals surface area contributed by atoms with Crippen molar-refractivity contribution < 1.29 is 19.0 Å². The van der Waals surface area contributed by atoms with Crippen LogP contribution in [0.15, 0.2) is 86.2 Å². The molecule has 234 valence electrons. The molecule has 0 N–H and O–H groups in total. The van der Waals surface area contributed by atoms with E-state index in [1.54, 1.807) is 29.8 Å². The van der Waals surface area contributed by atoms with Crippen LogP contribution in [0.5, 0.6) is 17.2 Å². The number of likely N-dealkylation sites (N-methyl/N-ethyl adjacent to an activating group) is 1. The Morgan fingerprint density at radius 2 is 1.76 bits per heavy atom. The summed E-state index contributed by atoms with van der Waals surface area (Å²) < 4.78 is 20.2. The van der Waals surface area contributed by atoms with Crippen molar-refractivity contribution in [3.63, 3.8) is 0 Å². The predicted molar refractivity (Wildman–Crippen MR) is 181 cm³/mol. The fraction of sp³-hybridized carbons (Fsp3) is 0.265. The highest BCUT2D eigenvalue weighted by Gasteiger charge is 2.35. The van der Waals surface area contributed by atoms with Gasteiger partial charge in [0.05, 0.1) is 34.5 Å². The Bertz CT molecular complexity index is 1950. The number of amides is 1. The maximum atomic E-state index is 14.2. The summed E-state index contributed by atoms with van der Waals surface area (Å²) in [6.07, 6.45) is 1.80. The molecule has 11 heteroatoms. The second kappa shape index (κ2) is 14.1. The molecule has 0 saturated heterocycles. The molecular formula is C34H33BrClN3O5S. The Morgan fingerprint density at radius 3 is 2.42 bits per heavy atom. The second-order valence-electron chi connectivity index (χ2n) is 10.3. The number of ether oxygens (including phenoxy) is 3. The average molecular weight is 711 g/mol. The molecule has 0 radical (unpaired) electrons. The number of nitrogens with zero attached hydrogens (tertiary/aromatic N) is 3. The van der Waals surface area contributed by atoms with Crippen LogP contribution < -0.4 is 29.1 Å². The molecule has 5 rings (SSSR count). The number of hydrogen-bond acceptors (Lipinski definition) is 7. The number of allylic oxidation sites excluding steroid dienone is 1. The molecule has 1 amide bonds. The van der Waals surface area contributed by atoms with Crippen molar-refractivity contribution in [3.8, 4) is 17.2 Å². The number of thiazole rings is 1. The number of benzene rings is 3. The maximum absolute atomic E-state index is 14.2. The first-order chi connectivity index (χ1) is 21.7. The number of carbonyl (C=O) groups excluding carboxylic acids is 1. The van der Waals surface area contributed by atoms with Gasteiger partial charge in [0.2, 0.25) is 0 Å². The van der Waals surface area contributed by atoms with Crippen LogP contribution in [0.3, 0.4) is 0 Å². The van der Waals surface area contributed by atoms with Gasteiger partial charge in [0.25, 0.3) is 11.5 Å². The van der Waals surface area contributed by atoms with Gasteiger partial charge in [-0.05, 0) is 84.2 Å². The van der Waals surface area contributed by atoms with E-state index in [-0.39, 0.29) is 11.5 Å². The Morgan fingerprint density at radius 1 is 1.07 bits per heavy atom. The zero-order valence-electron chi connectivity index (χ0n) is 25.6. The molecule has 1 atom stereocenters. The zero-order chi connectivity index (χ0) is 32.2. The first-order valence-electron chi connectivity index (χ1n) is 14.4. The lowest BCUT2D eigenvalue weighted by molar-refractivity contribution is -0.127. The van der Waals surface area contributed by atoms with Crippen LogP contribution in [0.25, 0.3) is 6.08 Å². The number of carbonyl (C=O) groups is 1. The van der Waals surface area contributed by atoms with E-state index in [9.17, 15) is 9.59 Å². The number of fused-ring (bicyclic) bond motifs is 1. The van der Waals surface area contributed by atoms with Gasteiger partial charge in [-0.2, -0.15) is 0 Å². The van der Waals surface area contributed by atoms with Crippen molar-refractivity contribution in [2.75, 3.05) is 27.3 Å². The smallest absolute Gasteiger partial charge is 0.271 e. The van der Waals surface area contributed by atoms with E-state index >= 15 is 0 Å². The summed E-state index contributed by atoms with van der Waals surface area (Å²) in [5, 5.41) is 0.656. The topological polar surface area (TPSA) is 82.4 Å². The lowest BCUT2D eigenvalue weighted by Gasteiger charge is -2.29. The van der Waals surface area contributed by atoms with E-state index < -0.39 is 6.04 Å². The van der Waals surface area contributed by atoms with Gasteiger partial charge in [-0.25, -0.2) is 4.99 Å². The van der Waals surface area contributed by atoms with Crippen LogP contribution in [-0.4, -0.2) is 42.7 Å². The van der Waals surface area contributed by atoms with Crippen LogP contribution >= 0.6 is 38.9 Å². The zero-order valence-corrected chi connectivity index (χ0v) is 28.8. The van der Waals surface area contributed by atoms with E-state index in [1.165, 1.54) is 11.3 Å². The van der Waals surface area contributed by atoms with Crippen molar-refractivity contribution >= 4 is 50.9 Å². The van der Waals surface area contributed by atoms with Crippen molar-refractivity contribution in [2.45, 2.75) is 33.4 Å². The summed E-state index contributed by atoms with van der Waals surface area (Å²) in [6.45, 7) is 7.08. The number of para-hydroxylation sites is 1. The highest BCUT2D eigenvalue weighted by Crippen LogP contribution is 2.38. The van der Waals surface area contributed by atoms with E-state index in [0.29, 0.717) is 72.6 Å². The fourth-order valence-electron chi connectivity index (χ4n) is 5.31. The molecule has 3 aromatic carbocycles. The Balaban J connectivity index is 1.61. The first kappa shape index (κ1) is 32.5. The molecule has 0 unspecified atom stereocenters.